The van der Waals surface area contributed by atoms with Crippen LogP contribution in [-0.4, -0.2) is 27.2 Å². The van der Waals surface area contributed by atoms with Gasteiger partial charge in [-0.2, -0.15) is 10.5 Å². The summed E-state index contributed by atoms with van der Waals surface area (Å²) in [6.07, 6.45) is 0. The first-order chi connectivity index (χ1) is 9.04. The van der Waals surface area contributed by atoms with E-state index in [9.17, 15) is 10.1 Å². The van der Waals surface area contributed by atoms with Gasteiger partial charge in [0.1, 0.15) is 0 Å². The van der Waals surface area contributed by atoms with Crippen LogP contribution in [0.2, 0.25) is 0 Å². The number of ether oxygens (including phenoxy) is 1. The Balaban J connectivity index is 3.07. The van der Waals surface area contributed by atoms with Crippen LogP contribution in [0.15, 0.2) is 24.3 Å². The monoisotopic (exact) mass is 257 g/mol. The van der Waals surface area contributed by atoms with Crippen molar-refractivity contribution in [1.82, 2.24) is 0 Å². The molecule has 0 radical (unpaired) electrons. The molecule has 0 bridgehead atoms. The minimum atomic E-state index is -1.11. The van der Waals surface area contributed by atoms with E-state index in [0.29, 0.717) is 5.56 Å². The number of nitriles is 2. The summed E-state index contributed by atoms with van der Waals surface area (Å²) in [5.41, 5.74) is 1.61. The molecule has 0 aliphatic rings. The number of benzene rings is 1. The van der Waals surface area contributed by atoms with E-state index in [0.717, 1.165) is 5.69 Å². The van der Waals surface area contributed by atoms with Gasteiger partial charge >= 0.3 is 5.97 Å². The SMILES string of the molecule is COC(=O)C(C#N)C(C#N)c1ccc(N(C)C)cc1. The summed E-state index contributed by atoms with van der Waals surface area (Å²) < 4.78 is 4.55. The number of esters is 1. The summed E-state index contributed by atoms with van der Waals surface area (Å²) in [5, 5.41) is 18.2. The lowest BCUT2D eigenvalue weighted by atomic mass is 9.88. The maximum absolute atomic E-state index is 11.5. The Morgan fingerprint density at radius 2 is 1.79 bits per heavy atom. The molecule has 0 amide bonds. The molecule has 0 saturated carbocycles. The molecule has 1 aromatic rings. The predicted octanol–water partition coefficient (Wildman–Crippen LogP) is 1.67. The second-order valence-electron chi connectivity index (χ2n) is 4.22. The lowest BCUT2D eigenvalue weighted by molar-refractivity contribution is -0.143. The second-order valence-corrected chi connectivity index (χ2v) is 4.22. The summed E-state index contributed by atoms with van der Waals surface area (Å²) in [5.74, 6) is -2.63. The number of methoxy groups -OCH3 is 1. The largest absolute Gasteiger partial charge is 0.468 e. The van der Waals surface area contributed by atoms with E-state index in [4.69, 9.17) is 5.26 Å². The van der Waals surface area contributed by atoms with Crippen molar-refractivity contribution in [3.05, 3.63) is 29.8 Å². The number of rotatable bonds is 4. The first kappa shape index (κ1) is 14.5. The molecule has 1 aromatic carbocycles. The first-order valence-electron chi connectivity index (χ1n) is 5.69. The first-order valence-corrected chi connectivity index (χ1v) is 5.69. The van der Waals surface area contributed by atoms with E-state index in [1.807, 2.05) is 43.3 Å². The molecule has 5 heteroatoms. The minimum Gasteiger partial charge on any atom is -0.468 e. The molecule has 5 nitrogen and oxygen atoms in total. The normalized spacial score (nSPS) is 12.7. The number of carbonyl (C=O) groups is 1. The molecular weight excluding hydrogens is 242 g/mol. The lowest BCUT2D eigenvalue weighted by Gasteiger charge is -2.16. The molecule has 19 heavy (non-hydrogen) atoms. The molecule has 0 aliphatic heterocycles. The topological polar surface area (TPSA) is 77.1 Å². The van der Waals surface area contributed by atoms with Crippen LogP contribution in [0, 0.1) is 28.6 Å². The third kappa shape index (κ3) is 3.23. The zero-order chi connectivity index (χ0) is 14.4. The quantitative estimate of drug-likeness (QED) is 0.767. The van der Waals surface area contributed by atoms with Crippen molar-refractivity contribution in [2.45, 2.75) is 5.92 Å². The van der Waals surface area contributed by atoms with Crippen LogP contribution in [-0.2, 0) is 9.53 Å². The Hall–Kier alpha value is -2.53. The Labute approximate surface area is 112 Å². The van der Waals surface area contributed by atoms with Crippen LogP contribution < -0.4 is 4.90 Å². The highest BCUT2D eigenvalue weighted by atomic mass is 16.5. The summed E-state index contributed by atoms with van der Waals surface area (Å²) in [4.78, 5) is 13.4. The molecule has 98 valence electrons. The molecule has 1 rings (SSSR count). The Morgan fingerprint density at radius 3 is 2.16 bits per heavy atom. The summed E-state index contributed by atoms with van der Waals surface area (Å²) in [6.45, 7) is 0. The van der Waals surface area contributed by atoms with Gasteiger partial charge in [-0.05, 0) is 17.7 Å². The molecule has 0 fully saturated rings. The zero-order valence-corrected chi connectivity index (χ0v) is 11.1. The summed E-state index contributed by atoms with van der Waals surface area (Å²) >= 11 is 0. The number of hydrogen-bond acceptors (Lipinski definition) is 5. The molecule has 2 atom stereocenters. The van der Waals surface area contributed by atoms with Gasteiger partial charge < -0.3 is 9.64 Å². The average Bonchev–Trinajstić information content (AvgIpc) is 2.44. The highest BCUT2D eigenvalue weighted by Gasteiger charge is 2.30. The molecule has 0 aliphatic carbocycles. The fourth-order valence-corrected chi connectivity index (χ4v) is 1.71. The van der Waals surface area contributed by atoms with Crippen LogP contribution >= 0.6 is 0 Å². The van der Waals surface area contributed by atoms with E-state index in [2.05, 4.69) is 4.74 Å². The van der Waals surface area contributed by atoms with Crippen molar-refractivity contribution in [2.24, 2.45) is 5.92 Å². The van der Waals surface area contributed by atoms with Crippen molar-refractivity contribution in [2.75, 3.05) is 26.1 Å². The molecule has 0 saturated heterocycles. The average molecular weight is 257 g/mol. The van der Waals surface area contributed by atoms with Gasteiger partial charge in [-0.3, -0.25) is 4.79 Å². The number of hydrogen-bond donors (Lipinski definition) is 0. The van der Waals surface area contributed by atoms with Crippen molar-refractivity contribution >= 4 is 11.7 Å². The third-order valence-corrected chi connectivity index (χ3v) is 2.84. The van der Waals surface area contributed by atoms with Crippen LogP contribution in [0.25, 0.3) is 0 Å². The van der Waals surface area contributed by atoms with Crippen molar-refractivity contribution in [3.8, 4) is 12.1 Å². The van der Waals surface area contributed by atoms with Crippen LogP contribution in [0.5, 0.6) is 0 Å². The van der Waals surface area contributed by atoms with Crippen molar-refractivity contribution in [1.29, 1.82) is 10.5 Å². The molecule has 0 aromatic heterocycles. The standard InChI is InChI=1S/C14H15N3O2/c1-17(2)11-6-4-10(5-7-11)12(8-15)13(9-16)14(18)19-3/h4-7,12-13H,1-3H3. The Kier molecular flexibility index (Phi) is 4.91. The van der Waals surface area contributed by atoms with Crippen molar-refractivity contribution < 1.29 is 9.53 Å². The van der Waals surface area contributed by atoms with Gasteiger partial charge in [0.2, 0.25) is 0 Å². The lowest BCUT2D eigenvalue weighted by Crippen LogP contribution is -2.21. The van der Waals surface area contributed by atoms with E-state index >= 15 is 0 Å². The zero-order valence-electron chi connectivity index (χ0n) is 11.1. The molecular formula is C14H15N3O2. The summed E-state index contributed by atoms with van der Waals surface area (Å²) in [6, 6.07) is 11.0. The van der Waals surface area contributed by atoms with Gasteiger partial charge in [0.25, 0.3) is 0 Å². The molecule has 0 spiro atoms. The molecule has 0 heterocycles. The fourth-order valence-electron chi connectivity index (χ4n) is 1.71. The van der Waals surface area contributed by atoms with Crippen LogP contribution in [0.4, 0.5) is 5.69 Å². The number of anilines is 1. The third-order valence-electron chi connectivity index (χ3n) is 2.84. The number of nitrogens with zero attached hydrogens (tertiary/aromatic N) is 3. The van der Waals surface area contributed by atoms with Crippen LogP contribution in [0.1, 0.15) is 11.5 Å². The van der Waals surface area contributed by atoms with Crippen molar-refractivity contribution in [3.63, 3.8) is 0 Å². The van der Waals surface area contributed by atoms with Gasteiger partial charge in [-0.15, -0.1) is 0 Å². The van der Waals surface area contributed by atoms with E-state index in [1.54, 1.807) is 12.1 Å². The van der Waals surface area contributed by atoms with E-state index in [-0.39, 0.29) is 0 Å². The maximum atomic E-state index is 11.5. The van der Waals surface area contributed by atoms with E-state index in [1.165, 1.54) is 7.11 Å². The van der Waals surface area contributed by atoms with Gasteiger partial charge in [0.05, 0.1) is 25.2 Å². The van der Waals surface area contributed by atoms with Gasteiger partial charge in [0.15, 0.2) is 5.92 Å². The maximum Gasteiger partial charge on any atom is 0.324 e. The molecule has 2 unspecified atom stereocenters. The molecule has 0 N–H and O–H groups in total. The highest BCUT2D eigenvalue weighted by Crippen LogP contribution is 2.26. The minimum absolute atomic E-state index is 0.630. The Morgan fingerprint density at radius 1 is 1.21 bits per heavy atom. The van der Waals surface area contributed by atoms with Gasteiger partial charge in [0, 0.05) is 19.8 Å². The second kappa shape index (κ2) is 6.42. The smallest absolute Gasteiger partial charge is 0.324 e. The highest BCUT2D eigenvalue weighted by molar-refractivity contribution is 5.77. The predicted molar refractivity (Wildman–Crippen MR) is 70.2 cm³/mol. The number of carbonyl (C=O) groups excluding carboxylic acids is 1. The fraction of sp³-hybridized carbons (Fsp3) is 0.357. The van der Waals surface area contributed by atoms with Crippen LogP contribution in [0.3, 0.4) is 0 Å². The van der Waals surface area contributed by atoms with E-state index < -0.39 is 17.8 Å². The Bertz CT molecular complexity index is 523. The summed E-state index contributed by atoms with van der Waals surface area (Å²) in [7, 11) is 5.02. The van der Waals surface area contributed by atoms with Gasteiger partial charge in [-0.25, -0.2) is 0 Å². The van der Waals surface area contributed by atoms with Gasteiger partial charge in [-0.1, -0.05) is 12.1 Å².